The summed E-state index contributed by atoms with van der Waals surface area (Å²) in [5.74, 6) is -0.183. The van der Waals surface area contributed by atoms with Gasteiger partial charge in [-0.05, 0) is 66.9 Å². The Morgan fingerprint density at radius 3 is 2.23 bits per heavy atom. The van der Waals surface area contributed by atoms with Crippen LogP contribution in [0.25, 0.3) is 0 Å². The summed E-state index contributed by atoms with van der Waals surface area (Å²) >= 11 is 12.4. The highest BCUT2D eigenvalue weighted by atomic mass is 35.5. The Balaban J connectivity index is 2.09. The molecule has 0 saturated heterocycles. The summed E-state index contributed by atoms with van der Waals surface area (Å²) in [5, 5.41) is 3.55. The van der Waals surface area contributed by atoms with Crippen molar-refractivity contribution in [3.8, 4) is 11.5 Å². The monoisotopic (exact) mass is 649 g/mol. The number of nitrogens with zero attached hydrogens (tertiary/aromatic N) is 2. The Bertz CT molecular complexity index is 1500. The number of rotatable bonds is 15. The molecule has 1 atom stereocenters. The summed E-state index contributed by atoms with van der Waals surface area (Å²) in [5.41, 5.74) is 0.800. The first-order valence-electron chi connectivity index (χ1n) is 13.9. The first-order valence-corrected chi connectivity index (χ1v) is 16.1. The molecule has 232 valence electrons. The lowest BCUT2D eigenvalue weighted by Gasteiger charge is -2.33. The van der Waals surface area contributed by atoms with E-state index in [1.54, 1.807) is 49.4 Å². The number of methoxy groups -OCH3 is 2. The van der Waals surface area contributed by atoms with Crippen molar-refractivity contribution in [2.45, 2.75) is 50.6 Å². The van der Waals surface area contributed by atoms with Gasteiger partial charge in [-0.1, -0.05) is 61.7 Å². The highest BCUT2D eigenvalue weighted by Crippen LogP contribution is 2.33. The largest absolute Gasteiger partial charge is 0.497 e. The molecule has 0 aliphatic rings. The van der Waals surface area contributed by atoms with Crippen molar-refractivity contribution in [1.29, 1.82) is 0 Å². The van der Waals surface area contributed by atoms with Gasteiger partial charge in [-0.3, -0.25) is 13.9 Å². The van der Waals surface area contributed by atoms with Crippen LogP contribution in [-0.2, 0) is 26.2 Å². The van der Waals surface area contributed by atoms with Crippen molar-refractivity contribution < 1.29 is 27.5 Å². The number of halogens is 2. The number of benzene rings is 3. The molecule has 1 N–H and O–H groups in total. The zero-order valence-corrected chi connectivity index (χ0v) is 27.0. The van der Waals surface area contributed by atoms with E-state index in [1.165, 1.54) is 43.4 Å². The minimum atomic E-state index is -4.28. The summed E-state index contributed by atoms with van der Waals surface area (Å²) < 4.78 is 39.8. The quantitative estimate of drug-likeness (QED) is 0.205. The molecular formula is C31H37Cl2N3O6S. The van der Waals surface area contributed by atoms with E-state index in [-0.39, 0.29) is 28.8 Å². The number of sulfonamides is 1. The van der Waals surface area contributed by atoms with Crippen molar-refractivity contribution >= 4 is 50.7 Å². The predicted octanol–water partition coefficient (Wildman–Crippen LogP) is 5.93. The van der Waals surface area contributed by atoms with Gasteiger partial charge in [0.1, 0.15) is 24.1 Å². The average Bonchev–Trinajstić information content (AvgIpc) is 3.01. The highest BCUT2D eigenvalue weighted by molar-refractivity contribution is 7.92. The molecule has 43 heavy (non-hydrogen) atoms. The minimum Gasteiger partial charge on any atom is -0.497 e. The standard InChI is InChI=1S/C31H37Cl2N3O6S/c1-5-7-18-34-31(38)27(6-2)35(20-22-12-17-25(32)26(33)19-22)30(37)21-36(28-10-8-9-11-29(28)42-4)43(39,40)24-15-13-23(41-3)14-16-24/h8-17,19,27H,5-7,18,20-21H2,1-4H3,(H,34,38)/t27-/m1/s1. The Hall–Kier alpha value is -3.47. The molecule has 0 bridgehead atoms. The number of anilines is 1. The van der Waals surface area contributed by atoms with Crippen LogP contribution in [0.3, 0.4) is 0 Å². The maximum atomic E-state index is 14.2. The summed E-state index contributed by atoms with van der Waals surface area (Å²) in [7, 11) is -1.38. The molecule has 0 fully saturated rings. The molecule has 0 aliphatic heterocycles. The van der Waals surface area contributed by atoms with Gasteiger partial charge in [0, 0.05) is 13.1 Å². The number of hydrogen-bond acceptors (Lipinski definition) is 6. The second-order valence-electron chi connectivity index (χ2n) is 9.70. The van der Waals surface area contributed by atoms with Crippen LogP contribution in [0.15, 0.2) is 71.6 Å². The summed E-state index contributed by atoms with van der Waals surface area (Å²) in [6, 6.07) is 16.5. The topological polar surface area (TPSA) is 105 Å². The van der Waals surface area contributed by atoms with E-state index in [2.05, 4.69) is 5.32 Å². The second-order valence-corrected chi connectivity index (χ2v) is 12.4. The van der Waals surface area contributed by atoms with E-state index in [9.17, 15) is 18.0 Å². The number of amides is 2. The zero-order chi connectivity index (χ0) is 31.6. The van der Waals surface area contributed by atoms with Crippen molar-refractivity contribution in [1.82, 2.24) is 10.2 Å². The number of hydrogen-bond donors (Lipinski definition) is 1. The van der Waals surface area contributed by atoms with Crippen LogP contribution in [-0.4, -0.2) is 58.5 Å². The third-order valence-electron chi connectivity index (χ3n) is 6.83. The number of para-hydroxylation sites is 2. The number of carbonyl (C=O) groups excluding carboxylic acids is 2. The van der Waals surface area contributed by atoms with Crippen molar-refractivity contribution in [3.05, 3.63) is 82.3 Å². The van der Waals surface area contributed by atoms with Crippen molar-refractivity contribution in [3.63, 3.8) is 0 Å². The average molecular weight is 651 g/mol. The van der Waals surface area contributed by atoms with Gasteiger partial charge >= 0.3 is 0 Å². The third-order valence-corrected chi connectivity index (χ3v) is 9.35. The molecule has 0 unspecified atom stereocenters. The van der Waals surface area contributed by atoms with E-state index < -0.39 is 28.5 Å². The van der Waals surface area contributed by atoms with Crippen molar-refractivity contribution in [2.75, 3.05) is 31.6 Å². The molecule has 0 saturated carbocycles. The molecule has 2 amide bonds. The molecular weight excluding hydrogens is 613 g/mol. The maximum Gasteiger partial charge on any atom is 0.264 e. The molecule has 3 rings (SSSR count). The molecule has 12 heteroatoms. The highest BCUT2D eigenvalue weighted by Gasteiger charge is 2.34. The van der Waals surface area contributed by atoms with Crippen LogP contribution in [0.5, 0.6) is 11.5 Å². The van der Waals surface area contributed by atoms with Crippen LogP contribution in [0.4, 0.5) is 5.69 Å². The lowest BCUT2D eigenvalue weighted by molar-refractivity contribution is -0.140. The first-order chi connectivity index (χ1) is 20.6. The Morgan fingerprint density at radius 1 is 0.930 bits per heavy atom. The predicted molar refractivity (Wildman–Crippen MR) is 170 cm³/mol. The fourth-order valence-corrected chi connectivity index (χ4v) is 6.23. The van der Waals surface area contributed by atoms with Gasteiger partial charge in [0.05, 0.1) is 34.8 Å². The Labute approximate surface area is 263 Å². The second kappa shape index (κ2) is 15.8. The van der Waals surface area contributed by atoms with E-state index in [4.69, 9.17) is 32.7 Å². The fourth-order valence-electron chi connectivity index (χ4n) is 4.48. The number of nitrogens with one attached hydrogen (secondary N) is 1. The summed E-state index contributed by atoms with van der Waals surface area (Å²) in [4.78, 5) is 28.9. The molecule has 0 heterocycles. The lowest BCUT2D eigenvalue weighted by Crippen LogP contribution is -2.52. The van der Waals surface area contributed by atoms with Gasteiger partial charge in [0.15, 0.2) is 0 Å². The maximum absolute atomic E-state index is 14.2. The molecule has 3 aromatic carbocycles. The van der Waals surface area contributed by atoms with E-state index in [0.717, 1.165) is 17.1 Å². The molecule has 9 nitrogen and oxygen atoms in total. The SMILES string of the molecule is CCCCNC(=O)[C@@H](CC)N(Cc1ccc(Cl)c(Cl)c1)C(=O)CN(c1ccccc1OC)S(=O)(=O)c1ccc(OC)cc1. The summed E-state index contributed by atoms with van der Waals surface area (Å²) in [6.07, 6.45) is 1.97. The van der Waals surface area contributed by atoms with Gasteiger partial charge in [-0.15, -0.1) is 0 Å². The third kappa shape index (κ3) is 8.55. The molecule has 0 aromatic heterocycles. The fraction of sp³-hybridized carbons (Fsp3) is 0.355. The van der Waals surface area contributed by atoms with Gasteiger partial charge in [-0.2, -0.15) is 0 Å². The van der Waals surface area contributed by atoms with Crippen LogP contribution in [0.1, 0.15) is 38.7 Å². The number of ether oxygens (including phenoxy) is 2. The minimum absolute atomic E-state index is 0.00221. The van der Waals surface area contributed by atoms with Gasteiger partial charge in [0.25, 0.3) is 10.0 Å². The van der Waals surface area contributed by atoms with Gasteiger partial charge in [-0.25, -0.2) is 8.42 Å². The molecule has 0 aliphatic carbocycles. The van der Waals surface area contributed by atoms with E-state index in [0.29, 0.717) is 34.3 Å². The van der Waals surface area contributed by atoms with Gasteiger partial charge < -0.3 is 19.7 Å². The van der Waals surface area contributed by atoms with Crippen LogP contribution >= 0.6 is 23.2 Å². The lowest BCUT2D eigenvalue weighted by atomic mass is 10.1. The molecule has 3 aromatic rings. The van der Waals surface area contributed by atoms with Gasteiger partial charge in [0.2, 0.25) is 11.8 Å². The van der Waals surface area contributed by atoms with Crippen LogP contribution in [0, 0.1) is 0 Å². The van der Waals surface area contributed by atoms with Crippen molar-refractivity contribution in [2.24, 2.45) is 0 Å². The van der Waals surface area contributed by atoms with Crippen LogP contribution in [0.2, 0.25) is 10.0 Å². The first kappa shape index (κ1) is 34.0. The smallest absolute Gasteiger partial charge is 0.264 e. The van der Waals surface area contributed by atoms with E-state index >= 15 is 0 Å². The van der Waals surface area contributed by atoms with Crippen LogP contribution < -0.4 is 19.1 Å². The normalized spacial score (nSPS) is 11.9. The Morgan fingerprint density at radius 2 is 1.63 bits per heavy atom. The van der Waals surface area contributed by atoms with E-state index in [1.807, 2.05) is 6.92 Å². The Kier molecular flexibility index (Phi) is 12.5. The number of carbonyl (C=O) groups is 2. The zero-order valence-electron chi connectivity index (χ0n) is 24.7. The number of unbranched alkanes of at least 4 members (excludes halogenated alkanes) is 1. The molecule has 0 spiro atoms. The summed E-state index contributed by atoms with van der Waals surface area (Å²) in [6.45, 7) is 3.66. The molecule has 0 radical (unpaired) electrons.